The SMILES string of the molecule is O=C(COC(=O)c1c(Cl)ccc(Cl)c1Cl)NC(=O)NCCc1cccs1. The second-order valence-electron chi connectivity index (χ2n) is 4.93. The van der Waals surface area contributed by atoms with Crippen LogP contribution in [0.4, 0.5) is 4.79 Å². The van der Waals surface area contributed by atoms with Crippen LogP contribution in [0.25, 0.3) is 0 Å². The molecule has 1 aromatic heterocycles. The highest BCUT2D eigenvalue weighted by Crippen LogP contribution is 2.31. The van der Waals surface area contributed by atoms with Gasteiger partial charge in [0.25, 0.3) is 5.91 Å². The zero-order valence-corrected chi connectivity index (χ0v) is 16.3. The van der Waals surface area contributed by atoms with Crippen LogP contribution in [-0.2, 0) is 16.0 Å². The van der Waals surface area contributed by atoms with E-state index < -0.39 is 24.5 Å². The number of urea groups is 1. The first-order valence-corrected chi connectivity index (χ1v) is 9.30. The Hall–Kier alpha value is -1.80. The van der Waals surface area contributed by atoms with Crippen LogP contribution in [-0.4, -0.2) is 31.1 Å². The molecule has 0 unspecified atom stereocenters. The van der Waals surface area contributed by atoms with E-state index >= 15 is 0 Å². The average Bonchev–Trinajstić information content (AvgIpc) is 3.10. The van der Waals surface area contributed by atoms with Crippen molar-refractivity contribution in [2.24, 2.45) is 0 Å². The summed E-state index contributed by atoms with van der Waals surface area (Å²) in [6.07, 6.45) is 0.653. The summed E-state index contributed by atoms with van der Waals surface area (Å²) in [5.41, 5.74) is -0.144. The van der Waals surface area contributed by atoms with E-state index in [0.717, 1.165) is 4.88 Å². The van der Waals surface area contributed by atoms with E-state index in [1.54, 1.807) is 11.3 Å². The number of esters is 1. The number of carbonyl (C=O) groups is 3. The van der Waals surface area contributed by atoms with Crippen molar-refractivity contribution >= 4 is 64.0 Å². The molecule has 6 nitrogen and oxygen atoms in total. The summed E-state index contributed by atoms with van der Waals surface area (Å²) in [5.74, 6) is -1.71. The van der Waals surface area contributed by atoms with Crippen LogP contribution in [0.15, 0.2) is 29.6 Å². The molecule has 1 aromatic carbocycles. The van der Waals surface area contributed by atoms with E-state index in [1.165, 1.54) is 12.1 Å². The van der Waals surface area contributed by atoms with Crippen LogP contribution in [0.3, 0.4) is 0 Å². The highest BCUT2D eigenvalue weighted by molar-refractivity contribution is 7.09. The van der Waals surface area contributed by atoms with Crippen LogP contribution in [0.1, 0.15) is 15.2 Å². The lowest BCUT2D eigenvalue weighted by Gasteiger charge is -2.09. The summed E-state index contributed by atoms with van der Waals surface area (Å²) < 4.78 is 4.81. The molecule has 0 saturated heterocycles. The Morgan fingerprint density at radius 2 is 1.81 bits per heavy atom. The normalized spacial score (nSPS) is 10.3. The highest BCUT2D eigenvalue weighted by atomic mass is 35.5. The van der Waals surface area contributed by atoms with E-state index in [1.807, 2.05) is 17.5 Å². The van der Waals surface area contributed by atoms with Gasteiger partial charge >= 0.3 is 12.0 Å². The molecule has 2 aromatic rings. The van der Waals surface area contributed by atoms with E-state index in [0.29, 0.717) is 13.0 Å². The third kappa shape index (κ3) is 5.88. The summed E-state index contributed by atoms with van der Waals surface area (Å²) in [6.45, 7) is -0.302. The molecule has 1 heterocycles. The highest BCUT2D eigenvalue weighted by Gasteiger charge is 2.20. The Morgan fingerprint density at radius 1 is 1.08 bits per heavy atom. The number of hydrogen-bond donors (Lipinski definition) is 2. The van der Waals surface area contributed by atoms with Crippen molar-refractivity contribution in [1.29, 1.82) is 0 Å². The maximum absolute atomic E-state index is 12.0. The largest absolute Gasteiger partial charge is 0.452 e. The third-order valence-corrected chi connectivity index (χ3v) is 5.13. The lowest BCUT2D eigenvalue weighted by atomic mass is 10.2. The van der Waals surface area contributed by atoms with E-state index in [9.17, 15) is 14.4 Å². The Morgan fingerprint density at radius 3 is 2.50 bits per heavy atom. The number of carbonyl (C=O) groups excluding carboxylic acids is 3. The van der Waals surface area contributed by atoms with Gasteiger partial charge in [-0.25, -0.2) is 9.59 Å². The molecule has 0 fully saturated rings. The minimum atomic E-state index is -0.921. The first kappa shape index (κ1) is 20.5. The summed E-state index contributed by atoms with van der Waals surface area (Å²) in [7, 11) is 0. The van der Waals surface area contributed by atoms with Crippen molar-refractivity contribution in [3.8, 4) is 0 Å². The van der Waals surface area contributed by atoms with Crippen molar-refractivity contribution in [3.63, 3.8) is 0 Å². The number of amides is 3. The summed E-state index contributed by atoms with van der Waals surface area (Å²) >= 11 is 19.2. The minimum absolute atomic E-state index is 0.0381. The molecule has 0 aliphatic heterocycles. The number of ether oxygens (including phenoxy) is 1. The van der Waals surface area contributed by atoms with Gasteiger partial charge in [-0.1, -0.05) is 40.9 Å². The summed E-state index contributed by atoms with van der Waals surface area (Å²) in [4.78, 5) is 36.4. The molecule has 26 heavy (non-hydrogen) atoms. The van der Waals surface area contributed by atoms with Crippen molar-refractivity contribution < 1.29 is 19.1 Å². The van der Waals surface area contributed by atoms with Gasteiger partial charge in [-0.15, -0.1) is 11.3 Å². The maximum atomic E-state index is 12.0. The monoisotopic (exact) mass is 434 g/mol. The van der Waals surface area contributed by atoms with Gasteiger partial charge in [-0.05, 0) is 30.0 Å². The molecule has 0 aliphatic rings. The third-order valence-electron chi connectivity index (χ3n) is 3.07. The number of benzene rings is 1. The zero-order chi connectivity index (χ0) is 19.1. The van der Waals surface area contributed by atoms with Crippen molar-refractivity contribution in [2.45, 2.75) is 6.42 Å². The fraction of sp³-hybridized carbons (Fsp3) is 0.188. The molecule has 0 saturated carbocycles. The molecule has 138 valence electrons. The van der Waals surface area contributed by atoms with E-state index in [-0.39, 0.29) is 20.6 Å². The topological polar surface area (TPSA) is 84.5 Å². The first-order chi connectivity index (χ1) is 12.4. The van der Waals surface area contributed by atoms with Crippen LogP contribution in [0.5, 0.6) is 0 Å². The summed E-state index contributed by atoms with van der Waals surface area (Å²) in [6, 6.07) is 5.99. The molecule has 0 radical (unpaired) electrons. The average molecular weight is 436 g/mol. The number of rotatable bonds is 6. The fourth-order valence-corrected chi connectivity index (χ4v) is 3.27. The second kappa shape index (κ2) is 9.78. The minimum Gasteiger partial charge on any atom is -0.452 e. The second-order valence-corrected chi connectivity index (χ2v) is 7.15. The molecule has 10 heteroatoms. The van der Waals surface area contributed by atoms with Crippen molar-refractivity contribution in [3.05, 3.63) is 55.2 Å². The standard InChI is InChI=1S/C16H13Cl3N2O4S/c17-10-3-4-11(18)14(19)13(10)15(23)25-8-12(22)21-16(24)20-6-5-9-2-1-7-26-9/h1-4,7H,5-6,8H2,(H2,20,21,22,24). The fourth-order valence-electron chi connectivity index (χ4n) is 1.88. The van der Waals surface area contributed by atoms with E-state index in [2.05, 4.69) is 10.6 Å². The molecule has 2 N–H and O–H groups in total. The van der Waals surface area contributed by atoms with Gasteiger partial charge in [-0.3, -0.25) is 10.1 Å². The number of hydrogen-bond acceptors (Lipinski definition) is 5. The van der Waals surface area contributed by atoms with Crippen LogP contribution in [0, 0.1) is 0 Å². The Labute approximate surface area is 168 Å². The van der Waals surface area contributed by atoms with Crippen LogP contribution in [0.2, 0.25) is 15.1 Å². The van der Waals surface area contributed by atoms with Gasteiger partial charge in [0.1, 0.15) is 0 Å². The van der Waals surface area contributed by atoms with Crippen LogP contribution >= 0.6 is 46.1 Å². The van der Waals surface area contributed by atoms with Crippen LogP contribution < -0.4 is 10.6 Å². The van der Waals surface area contributed by atoms with Gasteiger partial charge in [0.2, 0.25) is 0 Å². The van der Waals surface area contributed by atoms with E-state index in [4.69, 9.17) is 39.5 Å². The van der Waals surface area contributed by atoms with Gasteiger partial charge in [-0.2, -0.15) is 0 Å². The Kier molecular flexibility index (Phi) is 7.71. The Balaban J connectivity index is 1.76. The van der Waals surface area contributed by atoms with Gasteiger partial charge in [0.15, 0.2) is 6.61 Å². The molecule has 0 atom stereocenters. The number of nitrogens with one attached hydrogen (secondary N) is 2. The maximum Gasteiger partial charge on any atom is 0.341 e. The Bertz CT molecular complexity index is 812. The molecule has 2 rings (SSSR count). The molecular weight excluding hydrogens is 423 g/mol. The number of thiophene rings is 1. The molecule has 0 spiro atoms. The number of imide groups is 1. The predicted octanol–water partition coefficient (Wildman–Crippen LogP) is 3.93. The van der Waals surface area contributed by atoms with Gasteiger partial charge < -0.3 is 10.1 Å². The molecule has 0 bridgehead atoms. The van der Waals surface area contributed by atoms with Gasteiger partial charge in [0, 0.05) is 11.4 Å². The smallest absolute Gasteiger partial charge is 0.341 e. The lowest BCUT2D eigenvalue weighted by molar-refractivity contribution is -0.123. The lowest BCUT2D eigenvalue weighted by Crippen LogP contribution is -2.42. The molecule has 0 aliphatic carbocycles. The molecule has 3 amide bonds. The van der Waals surface area contributed by atoms with Gasteiger partial charge in [0.05, 0.1) is 20.6 Å². The number of halogens is 3. The van der Waals surface area contributed by atoms with Crippen molar-refractivity contribution in [2.75, 3.05) is 13.2 Å². The summed E-state index contributed by atoms with van der Waals surface area (Å²) in [5, 5.41) is 6.61. The zero-order valence-electron chi connectivity index (χ0n) is 13.2. The first-order valence-electron chi connectivity index (χ1n) is 7.29. The predicted molar refractivity (Wildman–Crippen MR) is 101 cm³/mol. The quantitative estimate of drug-likeness (QED) is 0.532. The van der Waals surface area contributed by atoms with Crippen molar-refractivity contribution in [1.82, 2.24) is 10.6 Å². The molecular formula is C16H13Cl3N2O4S.